The summed E-state index contributed by atoms with van der Waals surface area (Å²) in [4.78, 5) is 39.2. The van der Waals surface area contributed by atoms with Crippen LogP contribution in [0.15, 0.2) is 30.3 Å². The summed E-state index contributed by atoms with van der Waals surface area (Å²) in [6, 6.07) is 6.68. The molecule has 1 atom stereocenters. The summed E-state index contributed by atoms with van der Waals surface area (Å²) >= 11 is 0. The van der Waals surface area contributed by atoms with E-state index in [1.165, 1.54) is 13.0 Å². The minimum atomic E-state index is -0.619. The number of nitrogens with zero attached hydrogens (tertiary/aromatic N) is 2. The number of piperazine rings is 1. The number of amides is 3. The molecule has 3 amide bonds. The van der Waals surface area contributed by atoms with Crippen LogP contribution in [0.4, 0.5) is 0 Å². The van der Waals surface area contributed by atoms with Gasteiger partial charge in [0.05, 0.1) is 7.11 Å². The number of ether oxygens (including phenoxy) is 1. The van der Waals surface area contributed by atoms with Gasteiger partial charge in [-0.1, -0.05) is 12.1 Å². The number of hydrogen-bond donors (Lipinski definition) is 1. The molecule has 7 nitrogen and oxygen atoms in total. The molecule has 0 aliphatic carbocycles. The summed E-state index contributed by atoms with van der Waals surface area (Å²) in [5, 5.41) is 2.68. The molecule has 140 valence electrons. The second-order valence-electron chi connectivity index (χ2n) is 6.17. The van der Waals surface area contributed by atoms with Crippen LogP contribution in [0.1, 0.15) is 19.4 Å². The summed E-state index contributed by atoms with van der Waals surface area (Å²) in [5.41, 5.74) is 0.861. The van der Waals surface area contributed by atoms with Gasteiger partial charge in [0.1, 0.15) is 11.8 Å². The fraction of sp³-hybridized carbons (Fsp3) is 0.421. The van der Waals surface area contributed by atoms with Gasteiger partial charge in [0.2, 0.25) is 17.7 Å². The van der Waals surface area contributed by atoms with Gasteiger partial charge in [0, 0.05) is 39.2 Å². The third-order valence-corrected chi connectivity index (χ3v) is 4.31. The molecule has 0 aromatic heterocycles. The van der Waals surface area contributed by atoms with E-state index in [1.54, 1.807) is 29.9 Å². The van der Waals surface area contributed by atoms with Gasteiger partial charge in [-0.15, -0.1) is 0 Å². The molecule has 0 radical (unpaired) electrons. The average Bonchev–Trinajstić information content (AvgIpc) is 2.66. The van der Waals surface area contributed by atoms with Crippen molar-refractivity contribution in [1.82, 2.24) is 15.1 Å². The van der Waals surface area contributed by atoms with Gasteiger partial charge in [0.25, 0.3) is 0 Å². The first-order valence-electron chi connectivity index (χ1n) is 8.57. The smallest absolute Gasteiger partial charge is 0.244 e. The van der Waals surface area contributed by atoms with Crippen LogP contribution in [0, 0.1) is 0 Å². The van der Waals surface area contributed by atoms with Crippen LogP contribution in [-0.2, 0) is 14.4 Å². The highest BCUT2D eigenvalue weighted by Crippen LogP contribution is 2.12. The van der Waals surface area contributed by atoms with Crippen LogP contribution in [0.3, 0.4) is 0 Å². The molecule has 1 aromatic rings. The fourth-order valence-electron chi connectivity index (χ4n) is 2.73. The highest BCUT2D eigenvalue weighted by molar-refractivity contribution is 5.95. The zero-order chi connectivity index (χ0) is 19.1. The van der Waals surface area contributed by atoms with Crippen molar-refractivity contribution in [2.75, 3.05) is 33.3 Å². The van der Waals surface area contributed by atoms with Crippen LogP contribution < -0.4 is 10.1 Å². The van der Waals surface area contributed by atoms with E-state index in [4.69, 9.17) is 4.74 Å². The van der Waals surface area contributed by atoms with Crippen molar-refractivity contribution in [1.29, 1.82) is 0 Å². The molecule has 1 fully saturated rings. The topological polar surface area (TPSA) is 79.0 Å². The molecule has 0 bridgehead atoms. The fourth-order valence-corrected chi connectivity index (χ4v) is 2.73. The molecule has 26 heavy (non-hydrogen) atoms. The van der Waals surface area contributed by atoms with Gasteiger partial charge in [-0.25, -0.2) is 0 Å². The summed E-state index contributed by atoms with van der Waals surface area (Å²) in [6.45, 7) is 5.22. The Morgan fingerprint density at radius 3 is 2.19 bits per heavy atom. The molecule has 0 spiro atoms. The first-order valence-corrected chi connectivity index (χ1v) is 8.57. The van der Waals surface area contributed by atoms with E-state index in [9.17, 15) is 14.4 Å². The maximum atomic E-state index is 12.4. The Morgan fingerprint density at radius 1 is 1.08 bits per heavy atom. The molecule has 1 saturated heterocycles. The number of carbonyl (C=O) groups is 3. The Balaban J connectivity index is 1.83. The lowest BCUT2D eigenvalue weighted by Crippen LogP contribution is -2.54. The molecule has 1 heterocycles. The number of methoxy groups -OCH3 is 1. The third kappa shape index (κ3) is 5.34. The Kier molecular flexibility index (Phi) is 6.77. The Morgan fingerprint density at radius 2 is 1.65 bits per heavy atom. The van der Waals surface area contributed by atoms with E-state index in [0.717, 1.165) is 11.3 Å². The molecule has 1 aliphatic rings. The maximum Gasteiger partial charge on any atom is 0.244 e. The lowest BCUT2D eigenvalue weighted by atomic mass is 10.2. The third-order valence-electron chi connectivity index (χ3n) is 4.31. The van der Waals surface area contributed by atoms with E-state index >= 15 is 0 Å². The van der Waals surface area contributed by atoms with E-state index in [2.05, 4.69) is 5.32 Å². The lowest BCUT2D eigenvalue weighted by Gasteiger charge is -2.35. The largest absolute Gasteiger partial charge is 0.497 e. The van der Waals surface area contributed by atoms with Crippen molar-refractivity contribution in [3.63, 3.8) is 0 Å². The Bertz CT molecular complexity index is 677. The monoisotopic (exact) mass is 359 g/mol. The van der Waals surface area contributed by atoms with Crippen LogP contribution in [0.25, 0.3) is 6.08 Å². The lowest BCUT2D eigenvalue weighted by molar-refractivity contribution is -0.140. The van der Waals surface area contributed by atoms with Crippen molar-refractivity contribution >= 4 is 23.8 Å². The van der Waals surface area contributed by atoms with Crippen LogP contribution in [0.5, 0.6) is 5.75 Å². The number of benzene rings is 1. The first-order chi connectivity index (χ1) is 12.4. The summed E-state index contributed by atoms with van der Waals surface area (Å²) < 4.78 is 5.08. The molecule has 1 unspecified atom stereocenters. The van der Waals surface area contributed by atoms with Crippen molar-refractivity contribution in [3.8, 4) is 5.75 Å². The Hall–Kier alpha value is -2.83. The molecule has 1 aromatic carbocycles. The predicted octanol–water partition coefficient (Wildman–Crippen LogP) is 0.904. The summed E-state index contributed by atoms with van der Waals surface area (Å²) in [7, 11) is 1.59. The zero-order valence-corrected chi connectivity index (χ0v) is 15.4. The SMILES string of the molecule is COc1ccc(C=CC(=O)NC(C)C(=O)N2CCN(C(C)=O)CC2)cc1. The van der Waals surface area contributed by atoms with Gasteiger partial charge >= 0.3 is 0 Å². The van der Waals surface area contributed by atoms with Crippen molar-refractivity contribution < 1.29 is 19.1 Å². The van der Waals surface area contributed by atoms with Gasteiger partial charge in [-0.3, -0.25) is 14.4 Å². The predicted molar refractivity (Wildman–Crippen MR) is 98.5 cm³/mol. The van der Waals surface area contributed by atoms with Crippen LogP contribution in [-0.4, -0.2) is 66.9 Å². The van der Waals surface area contributed by atoms with Crippen molar-refractivity contribution in [2.24, 2.45) is 0 Å². The molecular weight excluding hydrogens is 334 g/mol. The van der Waals surface area contributed by atoms with E-state index in [1.807, 2.05) is 24.3 Å². The molecule has 2 rings (SSSR count). The van der Waals surface area contributed by atoms with Crippen molar-refractivity contribution in [3.05, 3.63) is 35.9 Å². The minimum Gasteiger partial charge on any atom is -0.497 e. The molecular formula is C19H25N3O4. The molecule has 7 heteroatoms. The molecule has 1 N–H and O–H groups in total. The second-order valence-corrected chi connectivity index (χ2v) is 6.17. The second kappa shape index (κ2) is 9.03. The quantitative estimate of drug-likeness (QED) is 0.793. The summed E-state index contributed by atoms with van der Waals surface area (Å²) in [5.74, 6) is 0.293. The van der Waals surface area contributed by atoms with Gasteiger partial charge < -0.3 is 19.9 Å². The maximum absolute atomic E-state index is 12.4. The highest BCUT2D eigenvalue weighted by Gasteiger charge is 2.26. The minimum absolute atomic E-state index is 0.0159. The zero-order valence-electron chi connectivity index (χ0n) is 15.4. The first kappa shape index (κ1) is 19.5. The molecule has 0 saturated carbocycles. The van der Waals surface area contributed by atoms with Gasteiger partial charge in [-0.05, 0) is 30.7 Å². The number of nitrogens with one attached hydrogen (secondary N) is 1. The highest BCUT2D eigenvalue weighted by atomic mass is 16.5. The van der Waals surface area contributed by atoms with Crippen molar-refractivity contribution in [2.45, 2.75) is 19.9 Å². The van der Waals surface area contributed by atoms with Gasteiger partial charge in [0.15, 0.2) is 0 Å². The van der Waals surface area contributed by atoms with E-state index in [0.29, 0.717) is 26.2 Å². The van der Waals surface area contributed by atoms with Crippen LogP contribution in [0.2, 0.25) is 0 Å². The van der Waals surface area contributed by atoms with Crippen LogP contribution >= 0.6 is 0 Å². The Labute approximate surface area is 153 Å². The van der Waals surface area contributed by atoms with E-state index in [-0.39, 0.29) is 17.7 Å². The number of carbonyl (C=O) groups excluding carboxylic acids is 3. The normalized spacial score (nSPS) is 15.7. The van der Waals surface area contributed by atoms with Gasteiger partial charge in [-0.2, -0.15) is 0 Å². The summed E-state index contributed by atoms with van der Waals surface area (Å²) in [6.07, 6.45) is 3.08. The number of hydrogen-bond acceptors (Lipinski definition) is 4. The average molecular weight is 359 g/mol. The van der Waals surface area contributed by atoms with E-state index < -0.39 is 6.04 Å². The standard InChI is InChI=1S/C19H25N3O4/c1-14(19(25)22-12-10-21(11-13-22)15(2)23)20-18(24)9-6-16-4-7-17(26-3)8-5-16/h4-9,14H,10-13H2,1-3H3,(H,20,24). The molecule has 1 aliphatic heterocycles. The number of rotatable bonds is 5.